The lowest BCUT2D eigenvalue weighted by Crippen LogP contribution is -1.95. The highest BCUT2D eigenvalue weighted by molar-refractivity contribution is 9.11. The average Bonchev–Trinajstić information content (AvgIpc) is 2.27. The number of halogens is 3. The number of hydrogen-bond acceptors (Lipinski definition) is 3. The van der Waals surface area contributed by atoms with Crippen molar-refractivity contribution >= 4 is 37.5 Å². The summed E-state index contributed by atoms with van der Waals surface area (Å²) in [5.41, 5.74) is 6.02. The largest absolute Gasteiger partial charge is 0.436 e. The Labute approximate surface area is 114 Å². The van der Waals surface area contributed by atoms with Gasteiger partial charge in [0, 0.05) is 16.7 Å². The van der Waals surface area contributed by atoms with Crippen LogP contribution in [0, 0.1) is 5.82 Å². The fourth-order valence-electron chi connectivity index (χ4n) is 1.18. The highest BCUT2D eigenvalue weighted by Crippen LogP contribution is 2.32. The second-order valence-corrected chi connectivity index (χ2v) is 4.99. The molecule has 3 nitrogen and oxygen atoms in total. The van der Waals surface area contributed by atoms with E-state index in [1.807, 2.05) is 0 Å². The first-order valence-electron chi connectivity index (χ1n) is 4.60. The van der Waals surface area contributed by atoms with E-state index < -0.39 is 5.82 Å². The molecular weight excluding hydrogens is 355 g/mol. The predicted molar refractivity (Wildman–Crippen MR) is 70.5 cm³/mol. The average molecular weight is 362 g/mol. The molecule has 0 atom stereocenters. The van der Waals surface area contributed by atoms with Crippen LogP contribution in [-0.2, 0) is 0 Å². The van der Waals surface area contributed by atoms with Crippen molar-refractivity contribution in [2.24, 2.45) is 0 Å². The molecule has 2 N–H and O–H groups in total. The molecule has 17 heavy (non-hydrogen) atoms. The minimum Gasteiger partial charge on any atom is -0.436 e. The Morgan fingerprint density at radius 2 is 2.00 bits per heavy atom. The van der Waals surface area contributed by atoms with Crippen molar-refractivity contribution in [1.29, 1.82) is 0 Å². The van der Waals surface area contributed by atoms with Gasteiger partial charge in [-0.25, -0.2) is 9.37 Å². The zero-order chi connectivity index (χ0) is 12.4. The maximum atomic E-state index is 13.0. The lowest BCUT2D eigenvalue weighted by molar-refractivity contribution is 0.457. The van der Waals surface area contributed by atoms with Crippen LogP contribution in [0.1, 0.15) is 0 Å². The summed E-state index contributed by atoms with van der Waals surface area (Å²) in [6.45, 7) is 0. The topological polar surface area (TPSA) is 48.1 Å². The van der Waals surface area contributed by atoms with Gasteiger partial charge >= 0.3 is 0 Å². The van der Waals surface area contributed by atoms with Gasteiger partial charge in [-0.2, -0.15) is 0 Å². The predicted octanol–water partition coefficient (Wildman–Crippen LogP) is 4.12. The van der Waals surface area contributed by atoms with Gasteiger partial charge in [-0.1, -0.05) is 0 Å². The van der Waals surface area contributed by atoms with Gasteiger partial charge in [0.15, 0.2) is 5.75 Å². The summed E-state index contributed by atoms with van der Waals surface area (Å²) in [5, 5.41) is 0. The Kier molecular flexibility index (Phi) is 3.63. The maximum absolute atomic E-state index is 13.0. The molecule has 2 rings (SSSR count). The first-order chi connectivity index (χ1) is 8.06. The van der Waals surface area contributed by atoms with Crippen LogP contribution >= 0.6 is 31.9 Å². The molecule has 0 aliphatic rings. The summed E-state index contributed by atoms with van der Waals surface area (Å²) in [6.07, 6.45) is 1.58. The standard InChI is InChI=1S/C11H7Br2FN2O/c12-6-3-8(13)11(16-5-6)17-10-4-7(14)1-2-9(10)15/h1-5H,15H2. The fourth-order valence-corrected chi connectivity index (χ4v) is 2.25. The van der Waals surface area contributed by atoms with Crippen LogP contribution in [0.25, 0.3) is 0 Å². The van der Waals surface area contributed by atoms with Crippen LogP contribution in [-0.4, -0.2) is 4.98 Å². The molecule has 2 aromatic rings. The summed E-state index contributed by atoms with van der Waals surface area (Å²) in [4.78, 5) is 4.05. The third-order valence-corrected chi connectivity index (χ3v) is 2.96. The van der Waals surface area contributed by atoms with Crippen molar-refractivity contribution in [3.05, 3.63) is 45.2 Å². The molecule has 1 aromatic heterocycles. The number of nitrogen functional groups attached to an aromatic ring is 1. The van der Waals surface area contributed by atoms with E-state index in [1.165, 1.54) is 18.2 Å². The van der Waals surface area contributed by atoms with E-state index in [0.717, 1.165) is 4.47 Å². The van der Waals surface area contributed by atoms with E-state index in [4.69, 9.17) is 10.5 Å². The van der Waals surface area contributed by atoms with Crippen molar-refractivity contribution in [2.75, 3.05) is 5.73 Å². The van der Waals surface area contributed by atoms with E-state index in [0.29, 0.717) is 16.0 Å². The third-order valence-electron chi connectivity index (χ3n) is 1.96. The summed E-state index contributed by atoms with van der Waals surface area (Å²) in [6, 6.07) is 5.70. The Balaban J connectivity index is 2.34. The van der Waals surface area contributed by atoms with Gasteiger partial charge < -0.3 is 10.5 Å². The van der Waals surface area contributed by atoms with Gasteiger partial charge in [0.25, 0.3) is 0 Å². The Hall–Kier alpha value is -1.14. The molecule has 0 saturated carbocycles. The summed E-state index contributed by atoms with van der Waals surface area (Å²) in [5.74, 6) is 0.147. The second-order valence-electron chi connectivity index (χ2n) is 3.22. The highest BCUT2D eigenvalue weighted by atomic mass is 79.9. The number of nitrogens with zero attached hydrogens (tertiary/aromatic N) is 1. The van der Waals surface area contributed by atoms with Crippen molar-refractivity contribution in [3.8, 4) is 11.6 Å². The number of hydrogen-bond donors (Lipinski definition) is 1. The van der Waals surface area contributed by atoms with E-state index >= 15 is 0 Å². The van der Waals surface area contributed by atoms with Gasteiger partial charge in [0.2, 0.25) is 5.88 Å². The molecule has 0 radical (unpaired) electrons. The van der Waals surface area contributed by atoms with Gasteiger partial charge in [-0.3, -0.25) is 0 Å². The molecule has 0 amide bonds. The fraction of sp³-hybridized carbons (Fsp3) is 0. The van der Waals surface area contributed by atoms with Gasteiger partial charge in [0.1, 0.15) is 5.82 Å². The van der Waals surface area contributed by atoms with Crippen molar-refractivity contribution < 1.29 is 9.13 Å². The molecule has 0 spiro atoms. The lowest BCUT2D eigenvalue weighted by atomic mass is 10.3. The van der Waals surface area contributed by atoms with Crippen LogP contribution in [0.5, 0.6) is 11.6 Å². The third kappa shape index (κ3) is 2.95. The van der Waals surface area contributed by atoms with Crippen LogP contribution in [0.3, 0.4) is 0 Å². The molecule has 6 heteroatoms. The molecular formula is C11H7Br2FN2O. The van der Waals surface area contributed by atoms with Crippen LogP contribution in [0.15, 0.2) is 39.4 Å². The number of aromatic nitrogens is 1. The van der Waals surface area contributed by atoms with Crippen LogP contribution in [0.4, 0.5) is 10.1 Å². The Morgan fingerprint density at radius 1 is 1.24 bits per heavy atom. The van der Waals surface area contributed by atoms with E-state index in [-0.39, 0.29) is 5.75 Å². The minimum absolute atomic E-state index is 0.237. The molecule has 0 aliphatic carbocycles. The maximum Gasteiger partial charge on any atom is 0.233 e. The molecule has 0 bridgehead atoms. The number of rotatable bonds is 2. The first-order valence-corrected chi connectivity index (χ1v) is 6.19. The molecule has 0 saturated heterocycles. The zero-order valence-corrected chi connectivity index (χ0v) is 11.6. The number of anilines is 1. The smallest absolute Gasteiger partial charge is 0.233 e. The van der Waals surface area contributed by atoms with E-state index in [2.05, 4.69) is 36.8 Å². The van der Waals surface area contributed by atoms with Crippen molar-refractivity contribution in [1.82, 2.24) is 4.98 Å². The van der Waals surface area contributed by atoms with Gasteiger partial charge in [-0.15, -0.1) is 0 Å². The summed E-state index contributed by atoms with van der Waals surface area (Å²) < 4.78 is 19.9. The van der Waals surface area contributed by atoms with Crippen molar-refractivity contribution in [3.63, 3.8) is 0 Å². The molecule has 88 valence electrons. The number of pyridine rings is 1. The summed E-state index contributed by atoms with van der Waals surface area (Å²) in [7, 11) is 0. The molecule has 1 heterocycles. The van der Waals surface area contributed by atoms with Crippen LogP contribution < -0.4 is 10.5 Å². The SMILES string of the molecule is Nc1ccc(F)cc1Oc1ncc(Br)cc1Br. The molecule has 0 unspecified atom stereocenters. The van der Waals surface area contributed by atoms with Crippen LogP contribution in [0.2, 0.25) is 0 Å². The summed E-state index contributed by atoms with van der Waals surface area (Å²) >= 11 is 6.57. The van der Waals surface area contributed by atoms with E-state index in [9.17, 15) is 4.39 Å². The first kappa shape index (κ1) is 12.3. The molecule has 0 fully saturated rings. The minimum atomic E-state index is -0.414. The number of nitrogens with two attached hydrogens (primary N) is 1. The van der Waals surface area contributed by atoms with Crippen molar-refractivity contribution in [2.45, 2.75) is 0 Å². The Morgan fingerprint density at radius 3 is 2.71 bits per heavy atom. The quantitative estimate of drug-likeness (QED) is 0.818. The van der Waals surface area contributed by atoms with Gasteiger partial charge in [0.05, 0.1) is 10.2 Å². The Bertz CT molecular complexity index is 563. The second kappa shape index (κ2) is 5.01. The molecule has 0 aliphatic heterocycles. The molecule has 1 aromatic carbocycles. The normalized spacial score (nSPS) is 10.3. The van der Waals surface area contributed by atoms with Gasteiger partial charge in [-0.05, 0) is 50.1 Å². The number of ether oxygens (including phenoxy) is 1. The number of benzene rings is 1. The lowest BCUT2D eigenvalue weighted by Gasteiger charge is -2.09. The zero-order valence-electron chi connectivity index (χ0n) is 8.45. The highest BCUT2D eigenvalue weighted by Gasteiger charge is 2.08. The van der Waals surface area contributed by atoms with E-state index in [1.54, 1.807) is 12.3 Å². The monoisotopic (exact) mass is 360 g/mol.